The molecule has 6 nitrogen and oxygen atoms in total. The number of carbonyl (C=O) groups excluding carboxylic acids is 1. The van der Waals surface area contributed by atoms with Crippen LogP contribution in [-0.2, 0) is 14.6 Å². The van der Waals surface area contributed by atoms with Gasteiger partial charge < -0.3 is 9.84 Å². The lowest BCUT2D eigenvalue weighted by Gasteiger charge is -2.08. The molecule has 21 heavy (non-hydrogen) atoms. The summed E-state index contributed by atoms with van der Waals surface area (Å²) in [6.07, 6.45) is 0. The van der Waals surface area contributed by atoms with Gasteiger partial charge in [0.15, 0.2) is 15.7 Å². The van der Waals surface area contributed by atoms with E-state index in [0.717, 1.165) is 5.56 Å². The van der Waals surface area contributed by atoms with E-state index in [9.17, 15) is 13.2 Å². The van der Waals surface area contributed by atoms with E-state index in [4.69, 9.17) is 4.52 Å². The van der Waals surface area contributed by atoms with Crippen LogP contribution in [0.4, 0.5) is 5.82 Å². The number of aryl methyl sites for hydroxylation is 3. The van der Waals surface area contributed by atoms with Gasteiger partial charge in [0.25, 0.3) is 0 Å². The predicted octanol–water partition coefficient (Wildman–Crippen LogP) is 2.01. The van der Waals surface area contributed by atoms with Gasteiger partial charge in [0.05, 0.1) is 4.90 Å². The molecule has 2 rings (SSSR count). The van der Waals surface area contributed by atoms with Crippen molar-refractivity contribution in [2.75, 3.05) is 11.1 Å². The molecule has 0 unspecified atom stereocenters. The van der Waals surface area contributed by atoms with Crippen LogP contribution in [0, 0.1) is 20.8 Å². The third-order valence-electron chi connectivity index (χ3n) is 2.88. The first kappa shape index (κ1) is 15.2. The van der Waals surface area contributed by atoms with Crippen LogP contribution in [0.3, 0.4) is 0 Å². The molecule has 7 heteroatoms. The van der Waals surface area contributed by atoms with Crippen molar-refractivity contribution in [3.05, 3.63) is 41.2 Å². The van der Waals surface area contributed by atoms with E-state index in [1.54, 1.807) is 26.0 Å². The molecule has 1 aromatic carbocycles. The maximum absolute atomic E-state index is 12.3. The Morgan fingerprint density at radius 3 is 2.52 bits per heavy atom. The predicted molar refractivity (Wildman–Crippen MR) is 77.8 cm³/mol. The molecule has 1 N–H and O–H groups in total. The van der Waals surface area contributed by atoms with E-state index in [0.29, 0.717) is 11.3 Å². The number of nitrogens with zero attached hydrogens (tertiary/aromatic N) is 1. The molecule has 112 valence electrons. The molecule has 1 aromatic heterocycles. The zero-order chi connectivity index (χ0) is 15.6. The van der Waals surface area contributed by atoms with Gasteiger partial charge in [0.1, 0.15) is 11.5 Å². The molecule has 2 aromatic rings. The van der Waals surface area contributed by atoms with Gasteiger partial charge in [-0.2, -0.15) is 0 Å². The number of carbonyl (C=O) groups is 1. The van der Waals surface area contributed by atoms with Gasteiger partial charge in [0.2, 0.25) is 5.91 Å². The van der Waals surface area contributed by atoms with Gasteiger partial charge in [0, 0.05) is 6.07 Å². The molecule has 1 amide bonds. The second-order valence-electron chi connectivity index (χ2n) is 4.90. The fourth-order valence-electron chi connectivity index (χ4n) is 2.00. The number of hydrogen-bond acceptors (Lipinski definition) is 5. The van der Waals surface area contributed by atoms with E-state index in [1.165, 1.54) is 12.1 Å². The summed E-state index contributed by atoms with van der Waals surface area (Å²) >= 11 is 0. The van der Waals surface area contributed by atoms with Crippen LogP contribution in [0.25, 0.3) is 0 Å². The molecule has 0 aliphatic heterocycles. The van der Waals surface area contributed by atoms with Crippen molar-refractivity contribution < 1.29 is 17.7 Å². The molecule has 0 atom stereocenters. The smallest absolute Gasteiger partial charge is 0.241 e. The van der Waals surface area contributed by atoms with Crippen LogP contribution in [0.5, 0.6) is 0 Å². The number of rotatable bonds is 4. The van der Waals surface area contributed by atoms with Gasteiger partial charge in [-0.15, -0.1) is 0 Å². The summed E-state index contributed by atoms with van der Waals surface area (Å²) in [6.45, 7) is 5.26. The zero-order valence-electron chi connectivity index (χ0n) is 12.0. The topological polar surface area (TPSA) is 89.3 Å². The summed E-state index contributed by atoms with van der Waals surface area (Å²) in [4.78, 5) is 12.0. The summed E-state index contributed by atoms with van der Waals surface area (Å²) in [6, 6.07) is 6.51. The SMILES string of the molecule is Cc1ccc(S(=O)(=O)CC(=O)Nc2cc(C)on2)c(C)c1. The normalized spacial score (nSPS) is 11.4. The van der Waals surface area contributed by atoms with E-state index < -0.39 is 21.5 Å². The van der Waals surface area contributed by atoms with Gasteiger partial charge in [-0.1, -0.05) is 22.9 Å². The third-order valence-corrected chi connectivity index (χ3v) is 4.65. The Hall–Kier alpha value is -2.15. The van der Waals surface area contributed by atoms with Crippen LogP contribution >= 0.6 is 0 Å². The summed E-state index contributed by atoms with van der Waals surface area (Å²) in [7, 11) is -3.69. The van der Waals surface area contributed by atoms with E-state index in [1.807, 2.05) is 6.92 Å². The van der Waals surface area contributed by atoms with Crippen LogP contribution in [-0.4, -0.2) is 25.2 Å². The van der Waals surface area contributed by atoms with Crippen molar-refractivity contribution in [3.8, 4) is 0 Å². The zero-order valence-corrected chi connectivity index (χ0v) is 12.8. The second-order valence-corrected chi connectivity index (χ2v) is 6.86. The molecule has 0 saturated carbocycles. The molecule has 0 spiro atoms. The van der Waals surface area contributed by atoms with E-state index >= 15 is 0 Å². The Morgan fingerprint density at radius 2 is 1.95 bits per heavy atom. The number of nitrogens with one attached hydrogen (secondary N) is 1. The molecule has 1 heterocycles. The lowest BCUT2D eigenvalue weighted by molar-refractivity contribution is -0.113. The minimum Gasteiger partial charge on any atom is -0.360 e. The molecule has 0 radical (unpaired) electrons. The minimum absolute atomic E-state index is 0.166. The second kappa shape index (κ2) is 5.69. The van der Waals surface area contributed by atoms with Crippen LogP contribution < -0.4 is 5.32 Å². The van der Waals surface area contributed by atoms with E-state index in [2.05, 4.69) is 10.5 Å². The third kappa shape index (κ3) is 3.69. The highest BCUT2D eigenvalue weighted by Crippen LogP contribution is 2.18. The largest absolute Gasteiger partial charge is 0.360 e. The monoisotopic (exact) mass is 308 g/mol. The van der Waals surface area contributed by atoms with Crippen molar-refractivity contribution in [2.45, 2.75) is 25.7 Å². The van der Waals surface area contributed by atoms with E-state index in [-0.39, 0.29) is 10.7 Å². The number of amides is 1. The molecule has 0 aliphatic rings. The average molecular weight is 308 g/mol. The number of anilines is 1. The fraction of sp³-hybridized carbons (Fsp3) is 0.286. The Morgan fingerprint density at radius 1 is 1.24 bits per heavy atom. The summed E-state index contributed by atoms with van der Waals surface area (Å²) in [5, 5.41) is 5.98. The van der Waals surface area contributed by atoms with Crippen molar-refractivity contribution in [1.29, 1.82) is 0 Å². The highest BCUT2D eigenvalue weighted by atomic mass is 32.2. The van der Waals surface area contributed by atoms with Gasteiger partial charge >= 0.3 is 0 Å². The number of sulfone groups is 1. The Kier molecular flexibility index (Phi) is 4.13. The van der Waals surface area contributed by atoms with Crippen molar-refractivity contribution in [3.63, 3.8) is 0 Å². The fourth-order valence-corrected chi connectivity index (χ4v) is 3.40. The summed E-state index contributed by atoms with van der Waals surface area (Å²) in [5.41, 5.74) is 1.59. The highest BCUT2D eigenvalue weighted by molar-refractivity contribution is 7.92. The maximum atomic E-state index is 12.3. The highest BCUT2D eigenvalue weighted by Gasteiger charge is 2.21. The van der Waals surface area contributed by atoms with Crippen molar-refractivity contribution >= 4 is 21.6 Å². The molecule has 0 bridgehead atoms. The first-order valence-corrected chi connectivity index (χ1v) is 7.96. The minimum atomic E-state index is -3.69. The first-order valence-electron chi connectivity index (χ1n) is 6.31. The first-order chi connectivity index (χ1) is 9.78. The number of aromatic nitrogens is 1. The van der Waals surface area contributed by atoms with Gasteiger partial charge in [-0.05, 0) is 32.4 Å². The molecule has 0 fully saturated rings. The van der Waals surface area contributed by atoms with Gasteiger partial charge in [-0.25, -0.2) is 8.42 Å². The lowest BCUT2D eigenvalue weighted by atomic mass is 10.2. The standard InChI is InChI=1S/C14H16N2O4S/c1-9-4-5-12(10(2)6-9)21(18,19)8-14(17)15-13-7-11(3)20-16-13/h4-7H,8H2,1-3H3,(H,15,16,17). The molecule has 0 aliphatic carbocycles. The summed E-state index contributed by atoms with van der Waals surface area (Å²) < 4.78 is 29.3. The van der Waals surface area contributed by atoms with Crippen LogP contribution in [0.2, 0.25) is 0 Å². The maximum Gasteiger partial charge on any atom is 0.241 e. The molecule has 0 saturated heterocycles. The summed E-state index contributed by atoms with van der Waals surface area (Å²) in [5.74, 6) is -0.554. The quantitative estimate of drug-likeness (QED) is 0.933. The van der Waals surface area contributed by atoms with Crippen LogP contribution in [0.1, 0.15) is 16.9 Å². The van der Waals surface area contributed by atoms with Crippen LogP contribution in [0.15, 0.2) is 33.7 Å². The van der Waals surface area contributed by atoms with Gasteiger partial charge in [-0.3, -0.25) is 4.79 Å². The van der Waals surface area contributed by atoms with Crippen molar-refractivity contribution in [2.24, 2.45) is 0 Å². The Balaban J connectivity index is 2.15. The molecular weight excluding hydrogens is 292 g/mol. The molecular formula is C14H16N2O4S. The lowest BCUT2D eigenvalue weighted by Crippen LogP contribution is -2.23. The van der Waals surface area contributed by atoms with Crippen molar-refractivity contribution in [1.82, 2.24) is 5.16 Å². The average Bonchev–Trinajstić information content (AvgIpc) is 2.72. The number of benzene rings is 1. The number of hydrogen-bond donors (Lipinski definition) is 1. The Labute approximate surface area is 123 Å². The Bertz CT molecular complexity index is 778.